The molecule has 2 aromatic heterocycles. The van der Waals surface area contributed by atoms with E-state index in [4.69, 9.17) is 4.52 Å². The second kappa shape index (κ2) is 6.93. The van der Waals surface area contributed by atoms with E-state index in [0.717, 1.165) is 38.5 Å². The highest BCUT2D eigenvalue weighted by atomic mass is 16.5. The van der Waals surface area contributed by atoms with Gasteiger partial charge in [0.1, 0.15) is 11.6 Å². The van der Waals surface area contributed by atoms with Crippen molar-refractivity contribution >= 4 is 11.7 Å². The summed E-state index contributed by atoms with van der Waals surface area (Å²) in [5.41, 5.74) is 0. The van der Waals surface area contributed by atoms with Crippen LogP contribution in [0.25, 0.3) is 0 Å². The smallest absolute Gasteiger partial charge is 0.239 e. The molecule has 0 saturated carbocycles. The largest absolute Gasteiger partial charge is 0.360 e. The zero-order valence-corrected chi connectivity index (χ0v) is 13.5. The number of nitrogens with one attached hydrogen (secondary N) is 1. The van der Waals surface area contributed by atoms with Crippen LogP contribution in [0.4, 0.5) is 5.82 Å². The monoisotopic (exact) mass is 318 g/mol. The molecular weight excluding hydrogens is 296 g/mol. The van der Waals surface area contributed by atoms with Crippen LogP contribution in [-0.2, 0) is 18.4 Å². The fraction of sp³-hybridized carbons (Fsp3) is 0.533. The topological polar surface area (TPSA) is 79.4 Å². The summed E-state index contributed by atoms with van der Waals surface area (Å²) < 4.78 is 6.98. The van der Waals surface area contributed by atoms with Gasteiger partial charge in [-0.3, -0.25) is 14.6 Å². The number of anilines is 1. The molecule has 0 atom stereocenters. The van der Waals surface area contributed by atoms with Gasteiger partial charge in [-0.1, -0.05) is 5.16 Å². The van der Waals surface area contributed by atoms with E-state index in [-0.39, 0.29) is 5.91 Å². The van der Waals surface area contributed by atoms with Gasteiger partial charge in [0.2, 0.25) is 5.91 Å². The summed E-state index contributed by atoms with van der Waals surface area (Å²) >= 11 is 0. The third-order valence-electron chi connectivity index (χ3n) is 4.01. The number of hydrogen-bond acceptors (Lipinski definition) is 6. The van der Waals surface area contributed by atoms with E-state index in [9.17, 15) is 4.79 Å². The first-order chi connectivity index (χ1) is 11.1. The number of nitrogens with zero attached hydrogens (tertiary/aromatic N) is 5. The average Bonchev–Trinajstić information content (AvgIpc) is 3.10. The number of aromatic nitrogens is 3. The van der Waals surface area contributed by atoms with Crippen LogP contribution in [0.1, 0.15) is 11.6 Å². The van der Waals surface area contributed by atoms with Crippen molar-refractivity contribution in [2.75, 3.05) is 38.0 Å². The van der Waals surface area contributed by atoms with Crippen LogP contribution in [0.3, 0.4) is 0 Å². The summed E-state index contributed by atoms with van der Waals surface area (Å²) in [6, 6.07) is 1.71. The molecule has 0 aromatic carbocycles. The number of imidazole rings is 1. The zero-order chi connectivity index (χ0) is 16.2. The first kappa shape index (κ1) is 15.7. The van der Waals surface area contributed by atoms with Crippen LogP contribution in [0.15, 0.2) is 23.0 Å². The van der Waals surface area contributed by atoms with Gasteiger partial charge in [0, 0.05) is 51.7 Å². The molecule has 0 radical (unpaired) electrons. The molecule has 0 unspecified atom stereocenters. The third-order valence-corrected chi connectivity index (χ3v) is 4.01. The molecule has 2 aromatic rings. The SMILES string of the molecule is Cc1cc(NC(=O)CN2CCN(Cc3nccn3C)CC2)no1. The van der Waals surface area contributed by atoms with Gasteiger partial charge >= 0.3 is 0 Å². The average molecular weight is 318 g/mol. The normalized spacial score (nSPS) is 16.6. The van der Waals surface area contributed by atoms with Crippen molar-refractivity contribution < 1.29 is 9.32 Å². The number of aryl methyl sites for hydroxylation is 2. The molecule has 8 heteroatoms. The van der Waals surface area contributed by atoms with Gasteiger partial charge in [0.15, 0.2) is 5.82 Å². The Morgan fingerprint density at radius 2 is 2.04 bits per heavy atom. The van der Waals surface area contributed by atoms with Crippen molar-refractivity contribution in [2.24, 2.45) is 7.05 Å². The van der Waals surface area contributed by atoms with Gasteiger partial charge in [0.25, 0.3) is 0 Å². The van der Waals surface area contributed by atoms with Gasteiger partial charge in [0.05, 0.1) is 13.1 Å². The molecule has 1 aliphatic rings. The molecule has 1 aliphatic heterocycles. The summed E-state index contributed by atoms with van der Waals surface area (Å²) in [7, 11) is 2.01. The fourth-order valence-electron chi connectivity index (χ4n) is 2.67. The minimum Gasteiger partial charge on any atom is -0.360 e. The Kier molecular flexibility index (Phi) is 4.73. The predicted molar refractivity (Wildman–Crippen MR) is 84.8 cm³/mol. The molecule has 3 rings (SSSR count). The van der Waals surface area contributed by atoms with Crippen molar-refractivity contribution in [3.63, 3.8) is 0 Å². The number of rotatable bonds is 5. The molecule has 3 heterocycles. The summed E-state index contributed by atoms with van der Waals surface area (Å²) in [4.78, 5) is 20.9. The van der Waals surface area contributed by atoms with Gasteiger partial charge in [-0.05, 0) is 6.92 Å². The Hall–Kier alpha value is -2.19. The number of carbonyl (C=O) groups excluding carboxylic acids is 1. The maximum absolute atomic E-state index is 12.0. The lowest BCUT2D eigenvalue weighted by Gasteiger charge is -2.33. The second-order valence-electron chi connectivity index (χ2n) is 5.88. The highest BCUT2D eigenvalue weighted by Crippen LogP contribution is 2.09. The minimum absolute atomic E-state index is 0.0594. The van der Waals surface area contributed by atoms with Crippen molar-refractivity contribution in [3.05, 3.63) is 30.0 Å². The molecule has 124 valence electrons. The lowest BCUT2D eigenvalue weighted by Crippen LogP contribution is -2.48. The number of piperazine rings is 1. The van der Waals surface area contributed by atoms with Crippen molar-refractivity contribution in [3.8, 4) is 0 Å². The van der Waals surface area contributed by atoms with Gasteiger partial charge in [-0.25, -0.2) is 4.98 Å². The third kappa shape index (κ3) is 4.17. The first-order valence-electron chi connectivity index (χ1n) is 7.74. The Bertz CT molecular complexity index is 656. The second-order valence-corrected chi connectivity index (χ2v) is 5.88. The van der Waals surface area contributed by atoms with Gasteiger partial charge in [-0.15, -0.1) is 0 Å². The summed E-state index contributed by atoms with van der Waals surface area (Å²) in [5, 5.41) is 6.52. The molecule has 0 aliphatic carbocycles. The van der Waals surface area contributed by atoms with Crippen LogP contribution in [0, 0.1) is 6.92 Å². The van der Waals surface area contributed by atoms with Crippen LogP contribution < -0.4 is 5.32 Å². The van der Waals surface area contributed by atoms with Crippen LogP contribution in [-0.4, -0.2) is 63.1 Å². The van der Waals surface area contributed by atoms with E-state index in [2.05, 4.69) is 25.3 Å². The maximum atomic E-state index is 12.0. The van der Waals surface area contributed by atoms with Gasteiger partial charge < -0.3 is 14.4 Å². The molecule has 1 amide bonds. The van der Waals surface area contributed by atoms with E-state index in [0.29, 0.717) is 18.1 Å². The summed E-state index contributed by atoms with van der Waals surface area (Å²) in [5.74, 6) is 2.16. The Balaban J connectivity index is 1.42. The lowest BCUT2D eigenvalue weighted by molar-refractivity contribution is -0.117. The Labute approximate surface area is 135 Å². The zero-order valence-electron chi connectivity index (χ0n) is 13.5. The summed E-state index contributed by atoms with van der Waals surface area (Å²) in [6.45, 7) is 6.63. The molecule has 1 saturated heterocycles. The van der Waals surface area contributed by atoms with Gasteiger partial charge in [-0.2, -0.15) is 0 Å². The number of amides is 1. The van der Waals surface area contributed by atoms with E-state index in [1.54, 1.807) is 13.0 Å². The van der Waals surface area contributed by atoms with Crippen LogP contribution in [0.2, 0.25) is 0 Å². The van der Waals surface area contributed by atoms with Crippen LogP contribution in [0.5, 0.6) is 0 Å². The van der Waals surface area contributed by atoms with E-state index < -0.39 is 0 Å². The van der Waals surface area contributed by atoms with E-state index in [1.165, 1.54) is 0 Å². The highest BCUT2D eigenvalue weighted by Gasteiger charge is 2.20. The first-order valence-corrected chi connectivity index (χ1v) is 7.74. The fourth-order valence-corrected chi connectivity index (χ4v) is 2.67. The lowest BCUT2D eigenvalue weighted by atomic mass is 10.3. The molecule has 1 fully saturated rings. The number of carbonyl (C=O) groups is 1. The highest BCUT2D eigenvalue weighted by molar-refractivity contribution is 5.91. The molecule has 1 N–H and O–H groups in total. The molecule has 0 spiro atoms. The van der Waals surface area contributed by atoms with Crippen molar-refractivity contribution in [1.82, 2.24) is 24.5 Å². The Morgan fingerprint density at radius 3 is 2.65 bits per heavy atom. The molecule has 23 heavy (non-hydrogen) atoms. The molecule has 0 bridgehead atoms. The maximum Gasteiger partial charge on any atom is 0.239 e. The van der Waals surface area contributed by atoms with Crippen molar-refractivity contribution in [2.45, 2.75) is 13.5 Å². The molecule has 8 nitrogen and oxygen atoms in total. The number of hydrogen-bond donors (Lipinski definition) is 1. The Morgan fingerprint density at radius 1 is 1.30 bits per heavy atom. The summed E-state index contributed by atoms with van der Waals surface area (Å²) in [6.07, 6.45) is 3.78. The van der Waals surface area contributed by atoms with Crippen molar-refractivity contribution in [1.29, 1.82) is 0 Å². The quantitative estimate of drug-likeness (QED) is 0.863. The van der Waals surface area contributed by atoms with E-state index >= 15 is 0 Å². The standard InChI is InChI=1S/C15H22N6O2/c1-12-9-13(18-23-12)17-15(22)11-21-7-5-20(6-8-21)10-14-16-3-4-19(14)2/h3-4,9H,5-8,10-11H2,1-2H3,(H,17,18,22). The van der Waals surface area contributed by atoms with E-state index in [1.807, 2.05) is 24.0 Å². The molecular formula is C15H22N6O2. The van der Waals surface area contributed by atoms with Crippen LogP contribution >= 0.6 is 0 Å². The minimum atomic E-state index is -0.0594. The predicted octanol–water partition coefficient (Wildman–Crippen LogP) is 0.473.